The molecule has 0 amide bonds. The number of ether oxygens (including phenoxy) is 1. The molecular formula is C12H9ClFNO4. The molecule has 0 aliphatic carbocycles. The zero-order valence-corrected chi connectivity index (χ0v) is 10.8. The number of nitrogens with zero attached hydrogens (tertiary/aromatic N) is 1. The third-order valence-electron chi connectivity index (χ3n) is 2.61. The Balaban J connectivity index is 2.69. The molecule has 0 saturated carbocycles. The van der Waals surface area contributed by atoms with Gasteiger partial charge in [0, 0.05) is 11.1 Å². The Kier molecular flexibility index (Phi) is 3.44. The van der Waals surface area contributed by atoms with E-state index >= 15 is 0 Å². The second-order valence-electron chi connectivity index (χ2n) is 3.76. The van der Waals surface area contributed by atoms with Crippen molar-refractivity contribution in [1.82, 2.24) is 5.16 Å². The van der Waals surface area contributed by atoms with Crippen LogP contribution in [-0.4, -0.2) is 23.3 Å². The van der Waals surface area contributed by atoms with Gasteiger partial charge in [-0.15, -0.1) is 0 Å². The average Bonchev–Trinajstić information content (AvgIpc) is 2.82. The third-order valence-corrected chi connectivity index (χ3v) is 3.00. The Morgan fingerprint density at radius 1 is 1.53 bits per heavy atom. The Bertz CT molecular complexity index is 653. The van der Waals surface area contributed by atoms with E-state index in [1.54, 1.807) is 6.92 Å². The van der Waals surface area contributed by atoms with Crippen LogP contribution >= 0.6 is 11.6 Å². The first kappa shape index (κ1) is 13.4. The van der Waals surface area contributed by atoms with Crippen molar-refractivity contribution < 1.29 is 23.6 Å². The van der Waals surface area contributed by atoms with Gasteiger partial charge in [-0.25, -0.2) is 9.18 Å². The molecule has 2 rings (SSSR count). The van der Waals surface area contributed by atoms with Crippen molar-refractivity contribution in [3.8, 4) is 17.1 Å². The van der Waals surface area contributed by atoms with Gasteiger partial charge in [0.2, 0.25) is 0 Å². The largest absolute Gasteiger partial charge is 0.493 e. The normalized spacial score (nSPS) is 10.5. The predicted octanol–water partition coefficient (Wildman–Crippen LogP) is 3.15. The van der Waals surface area contributed by atoms with Gasteiger partial charge in [-0.2, -0.15) is 0 Å². The van der Waals surface area contributed by atoms with Crippen LogP contribution in [0.25, 0.3) is 11.3 Å². The summed E-state index contributed by atoms with van der Waals surface area (Å²) in [6.45, 7) is 1.64. The van der Waals surface area contributed by atoms with Gasteiger partial charge < -0.3 is 14.4 Å². The molecule has 0 aliphatic rings. The summed E-state index contributed by atoms with van der Waals surface area (Å²) in [6.07, 6.45) is 0. The van der Waals surface area contributed by atoms with Crippen LogP contribution in [0, 0.1) is 12.7 Å². The fourth-order valence-corrected chi connectivity index (χ4v) is 1.87. The van der Waals surface area contributed by atoms with Gasteiger partial charge in [0.15, 0.2) is 23.0 Å². The van der Waals surface area contributed by atoms with Crippen molar-refractivity contribution >= 4 is 17.6 Å². The van der Waals surface area contributed by atoms with Crippen LogP contribution in [0.2, 0.25) is 5.02 Å². The van der Waals surface area contributed by atoms with Gasteiger partial charge in [-0.05, 0) is 18.6 Å². The first-order chi connectivity index (χ1) is 8.95. The predicted molar refractivity (Wildman–Crippen MR) is 65.2 cm³/mol. The lowest BCUT2D eigenvalue weighted by Crippen LogP contribution is -1.96. The molecule has 7 heteroatoms. The number of carbonyl (C=O) groups is 1. The van der Waals surface area contributed by atoms with Crippen LogP contribution in [0.5, 0.6) is 5.75 Å². The van der Waals surface area contributed by atoms with E-state index in [0.29, 0.717) is 5.56 Å². The number of hydrogen-bond donors (Lipinski definition) is 1. The lowest BCUT2D eigenvalue weighted by molar-refractivity contribution is 0.0686. The van der Waals surface area contributed by atoms with Gasteiger partial charge in [0.05, 0.1) is 12.7 Å². The molecule has 1 aromatic carbocycles. The lowest BCUT2D eigenvalue weighted by Gasteiger charge is -2.11. The molecule has 1 heterocycles. The average molecular weight is 286 g/mol. The fourth-order valence-electron chi connectivity index (χ4n) is 1.68. The Morgan fingerprint density at radius 3 is 2.74 bits per heavy atom. The molecule has 19 heavy (non-hydrogen) atoms. The maximum atomic E-state index is 13.8. The van der Waals surface area contributed by atoms with Crippen LogP contribution in [0.3, 0.4) is 0 Å². The number of hydrogen-bond acceptors (Lipinski definition) is 4. The Labute approximate surface area is 112 Å². The smallest absolute Gasteiger partial charge is 0.358 e. The van der Waals surface area contributed by atoms with Gasteiger partial charge in [0.1, 0.15) is 0 Å². The fraction of sp³-hybridized carbons (Fsp3) is 0.167. The van der Waals surface area contributed by atoms with E-state index in [-0.39, 0.29) is 27.8 Å². The Hall–Kier alpha value is -2.08. The summed E-state index contributed by atoms with van der Waals surface area (Å²) >= 11 is 5.89. The second kappa shape index (κ2) is 4.89. The maximum absolute atomic E-state index is 13.8. The molecular weight excluding hydrogens is 277 g/mol. The molecule has 0 atom stereocenters. The van der Waals surface area contributed by atoms with Crippen molar-refractivity contribution in [2.24, 2.45) is 0 Å². The minimum Gasteiger partial charge on any atom is -0.493 e. The number of carboxylic acids is 1. The number of aromatic nitrogens is 1. The lowest BCUT2D eigenvalue weighted by atomic mass is 10.0. The zero-order valence-electron chi connectivity index (χ0n) is 10.0. The molecule has 0 fully saturated rings. The van der Waals surface area contributed by atoms with Gasteiger partial charge in [-0.1, -0.05) is 16.8 Å². The van der Waals surface area contributed by atoms with Gasteiger partial charge >= 0.3 is 5.97 Å². The summed E-state index contributed by atoms with van der Waals surface area (Å²) in [5, 5.41) is 12.4. The maximum Gasteiger partial charge on any atom is 0.358 e. The molecule has 1 aromatic heterocycles. The highest BCUT2D eigenvalue weighted by molar-refractivity contribution is 6.31. The van der Waals surface area contributed by atoms with Crippen molar-refractivity contribution in [1.29, 1.82) is 0 Å². The zero-order chi connectivity index (χ0) is 14.2. The number of rotatable bonds is 3. The number of methoxy groups -OCH3 is 1. The standard InChI is InChI=1S/C12H9ClFNO4/c1-5-6(13)3-7(14)11(18-2)10(5)9-4-8(12(16)17)15-19-9/h3-4H,1-2H3,(H,16,17). The molecule has 0 spiro atoms. The van der Waals surface area contributed by atoms with Crippen molar-refractivity contribution in [2.45, 2.75) is 6.92 Å². The number of benzene rings is 1. The first-order valence-electron chi connectivity index (χ1n) is 5.18. The molecule has 1 N–H and O–H groups in total. The molecule has 0 aliphatic heterocycles. The Morgan fingerprint density at radius 2 is 2.21 bits per heavy atom. The number of carboxylic acid groups (broad SMARTS) is 1. The van der Waals surface area contributed by atoms with E-state index in [0.717, 1.165) is 6.07 Å². The highest BCUT2D eigenvalue weighted by Crippen LogP contribution is 2.39. The van der Waals surface area contributed by atoms with E-state index in [2.05, 4.69) is 5.16 Å². The number of halogens is 2. The van der Waals surface area contributed by atoms with Crippen LogP contribution < -0.4 is 4.74 Å². The van der Waals surface area contributed by atoms with Gasteiger partial charge in [0.25, 0.3) is 0 Å². The van der Waals surface area contributed by atoms with Gasteiger partial charge in [-0.3, -0.25) is 0 Å². The third kappa shape index (κ3) is 2.26. The highest BCUT2D eigenvalue weighted by atomic mass is 35.5. The molecule has 0 unspecified atom stereocenters. The van der Waals surface area contributed by atoms with E-state index in [1.807, 2.05) is 0 Å². The summed E-state index contributed by atoms with van der Waals surface area (Å²) in [6, 6.07) is 2.30. The van der Waals surface area contributed by atoms with Crippen molar-refractivity contribution in [2.75, 3.05) is 7.11 Å². The van der Waals surface area contributed by atoms with Crippen LogP contribution in [0.4, 0.5) is 4.39 Å². The summed E-state index contributed by atoms with van der Waals surface area (Å²) in [5.41, 5.74) is 0.470. The quantitative estimate of drug-likeness (QED) is 0.938. The van der Waals surface area contributed by atoms with E-state index in [1.165, 1.54) is 13.2 Å². The molecule has 0 radical (unpaired) electrons. The molecule has 100 valence electrons. The van der Waals surface area contributed by atoms with Crippen molar-refractivity contribution in [3.63, 3.8) is 0 Å². The van der Waals surface area contributed by atoms with Crippen LogP contribution in [-0.2, 0) is 0 Å². The summed E-state index contributed by atoms with van der Waals surface area (Å²) < 4.78 is 23.6. The number of aromatic carboxylic acids is 1. The summed E-state index contributed by atoms with van der Waals surface area (Å²) in [5.74, 6) is -1.90. The minimum atomic E-state index is -1.24. The molecule has 0 bridgehead atoms. The highest BCUT2D eigenvalue weighted by Gasteiger charge is 2.22. The molecule has 2 aromatic rings. The first-order valence-corrected chi connectivity index (χ1v) is 5.56. The monoisotopic (exact) mass is 285 g/mol. The molecule has 0 saturated heterocycles. The van der Waals surface area contributed by atoms with Crippen LogP contribution in [0.15, 0.2) is 16.7 Å². The second-order valence-corrected chi connectivity index (χ2v) is 4.16. The topological polar surface area (TPSA) is 72.6 Å². The molecule has 5 nitrogen and oxygen atoms in total. The summed E-state index contributed by atoms with van der Waals surface area (Å²) in [4.78, 5) is 10.8. The van der Waals surface area contributed by atoms with E-state index in [4.69, 9.17) is 26.0 Å². The summed E-state index contributed by atoms with van der Waals surface area (Å²) in [7, 11) is 1.30. The van der Waals surface area contributed by atoms with Crippen molar-refractivity contribution in [3.05, 3.63) is 34.2 Å². The van der Waals surface area contributed by atoms with Crippen LogP contribution in [0.1, 0.15) is 16.1 Å². The van der Waals surface area contributed by atoms with E-state index in [9.17, 15) is 9.18 Å². The SMILES string of the molecule is COc1c(F)cc(Cl)c(C)c1-c1cc(C(=O)O)no1. The minimum absolute atomic E-state index is 0.0741. The van der Waals surface area contributed by atoms with E-state index < -0.39 is 11.8 Å².